The van der Waals surface area contributed by atoms with Crippen molar-refractivity contribution in [3.05, 3.63) is 35.9 Å². The normalized spacial score (nSPS) is 21.1. The van der Waals surface area contributed by atoms with Gasteiger partial charge in [-0.2, -0.15) is 0 Å². The molecule has 1 atom stereocenters. The molecular formula is C17H22N6O. The van der Waals surface area contributed by atoms with E-state index in [4.69, 9.17) is 0 Å². The first-order chi connectivity index (χ1) is 11.7. The Balaban J connectivity index is 1.45. The number of anilines is 1. The van der Waals surface area contributed by atoms with Crippen LogP contribution in [0.3, 0.4) is 0 Å². The second kappa shape index (κ2) is 6.32. The van der Waals surface area contributed by atoms with Crippen molar-refractivity contribution in [2.75, 3.05) is 11.9 Å². The van der Waals surface area contributed by atoms with E-state index in [2.05, 4.69) is 30.0 Å². The maximum Gasteiger partial charge on any atom is 0.244 e. The molecule has 2 fully saturated rings. The minimum Gasteiger partial charge on any atom is -0.294 e. The molecule has 0 aromatic carbocycles. The van der Waals surface area contributed by atoms with Crippen molar-refractivity contribution in [1.82, 2.24) is 24.6 Å². The lowest BCUT2D eigenvalue weighted by Gasteiger charge is -2.23. The van der Waals surface area contributed by atoms with Gasteiger partial charge in [0.05, 0.1) is 11.7 Å². The molecule has 126 valence electrons. The van der Waals surface area contributed by atoms with Crippen LogP contribution >= 0.6 is 0 Å². The summed E-state index contributed by atoms with van der Waals surface area (Å²) in [6.45, 7) is 3.56. The highest BCUT2D eigenvalue weighted by molar-refractivity contribution is 5.93. The average Bonchev–Trinajstić information content (AvgIpc) is 3.20. The molecule has 2 aromatic heterocycles. The van der Waals surface area contributed by atoms with Crippen LogP contribution in [0, 0.1) is 6.92 Å². The number of hydrogen-bond acceptors (Lipinski definition) is 5. The second-order valence-electron chi connectivity index (χ2n) is 6.61. The summed E-state index contributed by atoms with van der Waals surface area (Å²) >= 11 is 0. The summed E-state index contributed by atoms with van der Waals surface area (Å²) < 4.78 is 2.05. The molecule has 7 heteroatoms. The highest BCUT2D eigenvalue weighted by Crippen LogP contribution is 2.37. The first-order valence-electron chi connectivity index (χ1n) is 8.58. The number of nitrogens with zero attached hydrogens (tertiary/aromatic N) is 5. The summed E-state index contributed by atoms with van der Waals surface area (Å²) in [5.74, 6) is 1.46. The van der Waals surface area contributed by atoms with Crippen molar-refractivity contribution < 1.29 is 4.79 Å². The third kappa shape index (κ3) is 3.03. The van der Waals surface area contributed by atoms with Crippen molar-refractivity contribution in [3.63, 3.8) is 0 Å². The number of hydrogen-bond donors (Lipinski definition) is 1. The molecule has 3 heterocycles. The SMILES string of the molecule is Cc1nnc(NC(=O)C2CCCN2Cc2ccccn2)n1C1CC1. The number of carbonyl (C=O) groups excluding carboxylic acids is 1. The lowest BCUT2D eigenvalue weighted by Crippen LogP contribution is -2.39. The van der Waals surface area contributed by atoms with E-state index in [9.17, 15) is 4.79 Å². The number of carbonyl (C=O) groups is 1. The van der Waals surface area contributed by atoms with Crippen LogP contribution in [0.2, 0.25) is 0 Å². The van der Waals surface area contributed by atoms with Crippen LogP contribution < -0.4 is 5.32 Å². The molecule has 1 amide bonds. The van der Waals surface area contributed by atoms with Gasteiger partial charge in [-0.15, -0.1) is 10.2 Å². The van der Waals surface area contributed by atoms with Gasteiger partial charge < -0.3 is 0 Å². The Hall–Kier alpha value is -2.28. The van der Waals surface area contributed by atoms with Crippen LogP contribution in [0.4, 0.5) is 5.95 Å². The van der Waals surface area contributed by atoms with Gasteiger partial charge >= 0.3 is 0 Å². The second-order valence-corrected chi connectivity index (χ2v) is 6.61. The molecule has 24 heavy (non-hydrogen) atoms. The highest BCUT2D eigenvalue weighted by Gasteiger charge is 2.33. The van der Waals surface area contributed by atoms with E-state index in [-0.39, 0.29) is 11.9 Å². The van der Waals surface area contributed by atoms with Gasteiger partial charge in [0.15, 0.2) is 0 Å². The van der Waals surface area contributed by atoms with E-state index in [0.717, 1.165) is 43.7 Å². The van der Waals surface area contributed by atoms with Gasteiger partial charge in [-0.25, -0.2) is 0 Å². The number of nitrogens with one attached hydrogen (secondary N) is 1. The minimum atomic E-state index is -0.128. The van der Waals surface area contributed by atoms with Gasteiger partial charge in [0, 0.05) is 18.8 Å². The number of amides is 1. The third-order valence-corrected chi connectivity index (χ3v) is 4.77. The molecule has 0 radical (unpaired) electrons. The molecule has 4 rings (SSSR count). The maximum absolute atomic E-state index is 12.8. The van der Waals surface area contributed by atoms with Crippen LogP contribution in [0.25, 0.3) is 0 Å². The first-order valence-corrected chi connectivity index (χ1v) is 8.58. The zero-order valence-corrected chi connectivity index (χ0v) is 13.9. The zero-order valence-electron chi connectivity index (χ0n) is 13.9. The van der Waals surface area contributed by atoms with E-state index < -0.39 is 0 Å². The van der Waals surface area contributed by atoms with E-state index in [1.807, 2.05) is 25.1 Å². The molecule has 7 nitrogen and oxygen atoms in total. The smallest absolute Gasteiger partial charge is 0.244 e. The van der Waals surface area contributed by atoms with Crippen LogP contribution in [0.1, 0.15) is 43.2 Å². The summed E-state index contributed by atoms with van der Waals surface area (Å²) in [6.07, 6.45) is 5.96. The van der Waals surface area contributed by atoms with E-state index in [1.165, 1.54) is 0 Å². The van der Waals surface area contributed by atoms with E-state index in [1.54, 1.807) is 6.20 Å². The fraction of sp³-hybridized carbons (Fsp3) is 0.529. The van der Waals surface area contributed by atoms with Gasteiger partial charge in [-0.05, 0) is 51.3 Å². The Morgan fingerprint density at radius 2 is 2.17 bits per heavy atom. The predicted octanol–water partition coefficient (Wildman–Crippen LogP) is 1.92. The molecule has 1 aliphatic heterocycles. The Morgan fingerprint density at radius 1 is 1.29 bits per heavy atom. The molecule has 1 saturated carbocycles. The van der Waals surface area contributed by atoms with E-state index in [0.29, 0.717) is 18.5 Å². The number of pyridine rings is 1. The van der Waals surface area contributed by atoms with E-state index >= 15 is 0 Å². The fourth-order valence-electron chi connectivity index (χ4n) is 3.43. The van der Waals surface area contributed by atoms with Crippen LogP contribution in [-0.2, 0) is 11.3 Å². The zero-order chi connectivity index (χ0) is 16.5. The number of rotatable bonds is 5. The Bertz CT molecular complexity index is 724. The quantitative estimate of drug-likeness (QED) is 0.908. The highest BCUT2D eigenvalue weighted by atomic mass is 16.2. The monoisotopic (exact) mass is 326 g/mol. The number of likely N-dealkylation sites (tertiary alicyclic amines) is 1. The van der Waals surface area contributed by atoms with Crippen LogP contribution in [0.15, 0.2) is 24.4 Å². The third-order valence-electron chi connectivity index (χ3n) is 4.77. The summed E-state index contributed by atoms with van der Waals surface area (Å²) in [7, 11) is 0. The van der Waals surface area contributed by atoms with Crippen LogP contribution in [-0.4, -0.2) is 43.1 Å². The van der Waals surface area contributed by atoms with Crippen molar-refractivity contribution in [2.45, 2.75) is 51.2 Å². The minimum absolute atomic E-state index is 0.0118. The van der Waals surface area contributed by atoms with Gasteiger partial charge in [-0.3, -0.25) is 24.6 Å². The summed E-state index contributed by atoms with van der Waals surface area (Å²) in [5.41, 5.74) is 0.995. The summed E-state index contributed by atoms with van der Waals surface area (Å²) in [6, 6.07) is 6.21. The molecule has 1 aliphatic carbocycles. The Morgan fingerprint density at radius 3 is 2.92 bits per heavy atom. The van der Waals surface area contributed by atoms with Gasteiger partial charge in [0.1, 0.15) is 5.82 Å². The molecular weight excluding hydrogens is 304 g/mol. The topological polar surface area (TPSA) is 75.9 Å². The average molecular weight is 326 g/mol. The van der Waals surface area contributed by atoms with Crippen LogP contribution in [0.5, 0.6) is 0 Å². The number of aromatic nitrogens is 4. The molecule has 0 spiro atoms. The lowest BCUT2D eigenvalue weighted by molar-refractivity contribution is -0.120. The molecule has 2 aliphatic rings. The molecule has 0 bridgehead atoms. The standard InChI is InChI=1S/C17H22N6O/c1-12-20-21-17(23(12)14-7-8-14)19-16(24)15-6-4-10-22(15)11-13-5-2-3-9-18-13/h2-3,5,9,14-15H,4,6-8,10-11H2,1H3,(H,19,21,24). The Labute approximate surface area is 141 Å². The molecule has 1 saturated heterocycles. The van der Waals surface area contributed by atoms with Gasteiger partial charge in [0.2, 0.25) is 11.9 Å². The van der Waals surface area contributed by atoms with Crippen molar-refractivity contribution in [3.8, 4) is 0 Å². The lowest BCUT2D eigenvalue weighted by atomic mass is 10.2. The molecule has 1 unspecified atom stereocenters. The predicted molar refractivity (Wildman–Crippen MR) is 89.3 cm³/mol. The first kappa shape index (κ1) is 15.3. The number of aryl methyl sites for hydroxylation is 1. The fourth-order valence-corrected chi connectivity index (χ4v) is 3.43. The van der Waals surface area contributed by atoms with Crippen molar-refractivity contribution >= 4 is 11.9 Å². The molecule has 1 N–H and O–H groups in total. The largest absolute Gasteiger partial charge is 0.294 e. The summed E-state index contributed by atoms with van der Waals surface area (Å²) in [4.78, 5) is 19.3. The maximum atomic E-state index is 12.8. The Kier molecular flexibility index (Phi) is 4.02. The van der Waals surface area contributed by atoms with Gasteiger partial charge in [-0.1, -0.05) is 6.07 Å². The van der Waals surface area contributed by atoms with Gasteiger partial charge in [0.25, 0.3) is 0 Å². The summed E-state index contributed by atoms with van der Waals surface area (Å²) in [5, 5.41) is 11.3. The van der Waals surface area contributed by atoms with Crippen molar-refractivity contribution in [1.29, 1.82) is 0 Å². The van der Waals surface area contributed by atoms with Crippen molar-refractivity contribution in [2.24, 2.45) is 0 Å². The molecule has 2 aromatic rings.